The molecule has 0 aromatic heterocycles. The second-order valence-corrected chi connectivity index (χ2v) is 2.57. The number of hydrogen-bond acceptors (Lipinski definition) is 0. The van der Waals surface area contributed by atoms with Crippen LogP contribution >= 0.6 is 0 Å². The van der Waals surface area contributed by atoms with Crippen LogP contribution in [0.4, 0.5) is 0 Å². The molecule has 0 bridgehead atoms. The maximum atomic E-state index is 2.77. The molecule has 32 valence electrons. The van der Waals surface area contributed by atoms with E-state index in [1.165, 1.54) is 6.42 Å². The Balaban J connectivity index is 2.49. The summed E-state index contributed by atoms with van der Waals surface area (Å²) in [6.07, 6.45) is 9.71. The van der Waals surface area contributed by atoms with Crippen LogP contribution in [0.25, 0.3) is 0 Å². The van der Waals surface area contributed by atoms with Gasteiger partial charge in [-0.3, -0.25) is 0 Å². The van der Waals surface area contributed by atoms with Crippen molar-refractivity contribution in [3.63, 3.8) is 0 Å². The van der Waals surface area contributed by atoms with E-state index in [0.717, 1.165) is 0 Å². The SMILES string of the molecule is [Al+2][CH]1C=CC=CC1. The van der Waals surface area contributed by atoms with E-state index in [1.54, 1.807) is 0 Å². The van der Waals surface area contributed by atoms with Crippen LogP contribution in [0.15, 0.2) is 24.3 Å². The second kappa shape index (κ2) is 2.35. The van der Waals surface area contributed by atoms with Crippen LogP contribution in [0.3, 0.4) is 0 Å². The third-order valence-corrected chi connectivity index (χ3v) is 1.51. The molecule has 0 aromatic carbocycles. The first kappa shape index (κ1) is 5.16. The summed E-state index contributed by atoms with van der Waals surface area (Å²) < 4.78 is 0.685. The summed E-state index contributed by atoms with van der Waals surface area (Å²) in [5, 5.41) is 0. The molecule has 0 saturated heterocycles. The predicted octanol–water partition coefficient (Wildman–Crippen LogP) is 1.46. The quantitative estimate of drug-likeness (QED) is 0.410. The Morgan fingerprint density at radius 1 is 1.43 bits per heavy atom. The molecule has 0 aromatic rings. The van der Waals surface area contributed by atoms with Crippen LogP contribution in [0.2, 0.25) is 4.78 Å². The molecule has 1 aliphatic carbocycles. The summed E-state index contributed by atoms with van der Waals surface area (Å²) in [6.45, 7) is 0. The molecule has 0 amide bonds. The van der Waals surface area contributed by atoms with Crippen molar-refractivity contribution in [2.45, 2.75) is 11.2 Å². The fraction of sp³-hybridized carbons (Fsp3) is 0.333. The van der Waals surface area contributed by atoms with Crippen LogP contribution in [-0.4, -0.2) is 16.3 Å². The minimum atomic E-state index is 0.685. The molecule has 0 nitrogen and oxygen atoms in total. The molecule has 0 aliphatic heterocycles. The zero-order chi connectivity index (χ0) is 5.11. The summed E-state index contributed by atoms with van der Waals surface area (Å²) in [5.41, 5.74) is 0. The molecular weight excluding hydrogens is 99.0 g/mol. The van der Waals surface area contributed by atoms with E-state index in [0.29, 0.717) is 4.78 Å². The van der Waals surface area contributed by atoms with Crippen molar-refractivity contribution in [3.05, 3.63) is 24.3 Å². The minimum absolute atomic E-state index is 0.685. The topological polar surface area (TPSA) is 0 Å². The normalized spacial score (nSPS) is 28.6. The van der Waals surface area contributed by atoms with Crippen LogP contribution in [-0.2, 0) is 0 Å². The van der Waals surface area contributed by atoms with Crippen molar-refractivity contribution in [1.82, 2.24) is 0 Å². The Morgan fingerprint density at radius 2 is 2.29 bits per heavy atom. The van der Waals surface area contributed by atoms with Gasteiger partial charge in [0.15, 0.2) is 0 Å². The maximum absolute atomic E-state index is 2.77. The molecule has 0 fully saturated rings. The molecule has 1 rings (SSSR count). The summed E-state index contributed by atoms with van der Waals surface area (Å²) >= 11 is 2.77. The van der Waals surface area contributed by atoms with Crippen LogP contribution in [0.5, 0.6) is 0 Å². The van der Waals surface area contributed by atoms with Gasteiger partial charge in [0.1, 0.15) is 0 Å². The first-order valence-electron chi connectivity index (χ1n) is 2.48. The summed E-state index contributed by atoms with van der Waals surface area (Å²) in [6, 6.07) is 0. The Kier molecular flexibility index (Phi) is 1.73. The van der Waals surface area contributed by atoms with Crippen molar-refractivity contribution in [2.75, 3.05) is 0 Å². The molecule has 1 aliphatic rings. The van der Waals surface area contributed by atoms with E-state index in [4.69, 9.17) is 0 Å². The fourth-order valence-electron chi connectivity index (χ4n) is 0.600. The predicted molar refractivity (Wildman–Crippen MR) is 32.4 cm³/mol. The number of rotatable bonds is 0. The van der Waals surface area contributed by atoms with Crippen molar-refractivity contribution >= 4 is 16.3 Å². The molecule has 1 heteroatoms. The monoisotopic (exact) mass is 106 g/mol. The zero-order valence-electron chi connectivity index (χ0n) is 4.17. The first-order valence-corrected chi connectivity index (χ1v) is 3.15. The average Bonchev–Trinajstić information content (AvgIpc) is 1.69. The van der Waals surface area contributed by atoms with Crippen LogP contribution in [0.1, 0.15) is 6.42 Å². The molecule has 1 unspecified atom stereocenters. The standard InChI is InChI=1S/C6H7.Al/c1-2-4-6-5-3-1;/h1-5H,6H2;/q;+2. The van der Waals surface area contributed by atoms with E-state index in [2.05, 4.69) is 40.6 Å². The molecule has 0 radical (unpaired) electrons. The zero-order valence-corrected chi connectivity index (χ0v) is 5.33. The third kappa shape index (κ3) is 1.51. The molecule has 1 atom stereocenters. The van der Waals surface area contributed by atoms with E-state index in [9.17, 15) is 0 Å². The number of allylic oxidation sites excluding steroid dienone is 4. The van der Waals surface area contributed by atoms with Crippen molar-refractivity contribution in [1.29, 1.82) is 0 Å². The van der Waals surface area contributed by atoms with Gasteiger partial charge in [-0.05, 0) is 0 Å². The van der Waals surface area contributed by atoms with Gasteiger partial charge in [-0.1, -0.05) is 0 Å². The molecule has 7 heavy (non-hydrogen) atoms. The Bertz CT molecular complexity index is 103. The van der Waals surface area contributed by atoms with Crippen LogP contribution in [0, 0.1) is 0 Å². The Labute approximate surface area is 52.3 Å². The first-order chi connectivity index (χ1) is 3.39. The average molecular weight is 106 g/mol. The van der Waals surface area contributed by atoms with Crippen molar-refractivity contribution < 1.29 is 0 Å². The van der Waals surface area contributed by atoms with E-state index in [1.807, 2.05) is 0 Å². The van der Waals surface area contributed by atoms with Gasteiger partial charge in [0, 0.05) is 0 Å². The van der Waals surface area contributed by atoms with Crippen molar-refractivity contribution in [3.8, 4) is 0 Å². The van der Waals surface area contributed by atoms with E-state index < -0.39 is 0 Å². The molecule has 0 spiro atoms. The second-order valence-electron chi connectivity index (χ2n) is 1.71. The Morgan fingerprint density at radius 3 is 2.57 bits per heavy atom. The van der Waals surface area contributed by atoms with E-state index in [-0.39, 0.29) is 0 Å². The molecular formula is C6H7Al+2. The summed E-state index contributed by atoms with van der Waals surface area (Å²) in [7, 11) is 0. The van der Waals surface area contributed by atoms with Gasteiger partial charge in [0.05, 0.1) is 0 Å². The van der Waals surface area contributed by atoms with Gasteiger partial charge in [-0.25, -0.2) is 0 Å². The van der Waals surface area contributed by atoms with Crippen LogP contribution < -0.4 is 0 Å². The van der Waals surface area contributed by atoms with Crippen molar-refractivity contribution in [2.24, 2.45) is 0 Å². The summed E-state index contributed by atoms with van der Waals surface area (Å²) in [5.74, 6) is 0. The molecule has 0 heterocycles. The molecule has 0 N–H and O–H groups in total. The fourth-order valence-corrected chi connectivity index (χ4v) is 0.885. The van der Waals surface area contributed by atoms with Gasteiger partial charge < -0.3 is 0 Å². The molecule has 0 saturated carbocycles. The van der Waals surface area contributed by atoms with Gasteiger partial charge in [0.25, 0.3) is 0 Å². The third-order valence-electron chi connectivity index (χ3n) is 1.01. The van der Waals surface area contributed by atoms with Gasteiger partial charge in [-0.2, -0.15) is 0 Å². The van der Waals surface area contributed by atoms with Gasteiger partial charge in [0.2, 0.25) is 0 Å². The van der Waals surface area contributed by atoms with E-state index >= 15 is 0 Å². The van der Waals surface area contributed by atoms with Gasteiger partial charge >= 0.3 is 51.8 Å². The van der Waals surface area contributed by atoms with Gasteiger partial charge in [-0.15, -0.1) is 0 Å². The summed E-state index contributed by atoms with van der Waals surface area (Å²) in [4.78, 5) is 0. The Hall–Kier alpha value is 0.0125. The number of hydrogen-bond donors (Lipinski definition) is 0.